The lowest BCUT2D eigenvalue weighted by molar-refractivity contribution is -0.245. The van der Waals surface area contributed by atoms with Crippen molar-refractivity contribution in [2.24, 2.45) is 5.92 Å². The highest BCUT2D eigenvalue weighted by atomic mass is 32.2. The first-order valence-corrected chi connectivity index (χ1v) is 14.0. The number of Topliss-reactive ketones (excluding diaryl/α,β-unsaturated/α-hetero) is 1. The van der Waals surface area contributed by atoms with Crippen LogP contribution >= 0.6 is 0 Å². The van der Waals surface area contributed by atoms with Crippen LogP contribution in [0.25, 0.3) is 0 Å². The summed E-state index contributed by atoms with van der Waals surface area (Å²) >= 11 is 0. The average molecular weight is 589 g/mol. The lowest BCUT2D eigenvalue weighted by Gasteiger charge is -2.31. The molecule has 0 spiro atoms. The van der Waals surface area contributed by atoms with Gasteiger partial charge in [-0.05, 0) is 38.5 Å². The number of allylic oxidation sites excluding steroid dienone is 2. The van der Waals surface area contributed by atoms with Crippen LogP contribution in [-0.2, 0) is 39.0 Å². The zero-order valence-electron chi connectivity index (χ0n) is 19.5. The van der Waals surface area contributed by atoms with E-state index in [0.29, 0.717) is 12.5 Å². The summed E-state index contributed by atoms with van der Waals surface area (Å²) in [5.74, 6) is -9.77. The van der Waals surface area contributed by atoms with Gasteiger partial charge in [0.25, 0.3) is 0 Å². The number of hydrogen-bond acceptors (Lipinski definition) is 8. The van der Waals surface area contributed by atoms with Crippen LogP contribution in [0.1, 0.15) is 58.3 Å². The van der Waals surface area contributed by atoms with Crippen molar-refractivity contribution < 1.29 is 66.8 Å². The lowest BCUT2D eigenvalue weighted by Crippen LogP contribution is -2.60. The quantitative estimate of drug-likeness (QED) is 0.205. The maximum Gasteiger partial charge on any atom is 0.439 e. The van der Waals surface area contributed by atoms with Crippen molar-refractivity contribution in [2.75, 3.05) is 13.2 Å². The van der Waals surface area contributed by atoms with Gasteiger partial charge in [-0.25, -0.2) is 8.42 Å². The molecule has 0 aromatic rings. The summed E-state index contributed by atoms with van der Waals surface area (Å²) in [6, 6.07) is 0. The SMILES string of the molecule is CCC1(OCC(=O)COC(=O)C2CC=C(S(=O)(=O)C(F)(F)C(F)(F)C(F)(F)S(=O)(=O)O)CC2)CCCC1. The Bertz CT molecular complexity index is 1130. The van der Waals surface area contributed by atoms with Gasteiger partial charge in [0, 0.05) is 4.91 Å². The lowest BCUT2D eigenvalue weighted by atomic mass is 9.94. The fourth-order valence-electron chi connectivity index (χ4n) is 4.10. The van der Waals surface area contributed by atoms with E-state index in [2.05, 4.69) is 0 Å². The molecule has 1 fully saturated rings. The van der Waals surface area contributed by atoms with Crippen LogP contribution in [0.3, 0.4) is 0 Å². The van der Waals surface area contributed by atoms with Gasteiger partial charge in [0.2, 0.25) is 9.84 Å². The number of ketones is 1. The van der Waals surface area contributed by atoms with Crippen LogP contribution in [0.15, 0.2) is 11.0 Å². The molecule has 17 heteroatoms. The Kier molecular flexibility index (Phi) is 9.20. The van der Waals surface area contributed by atoms with Crippen molar-refractivity contribution in [3.8, 4) is 0 Å². The van der Waals surface area contributed by atoms with Gasteiger partial charge in [0.05, 0.1) is 11.5 Å². The van der Waals surface area contributed by atoms with Crippen molar-refractivity contribution >= 4 is 31.7 Å². The maximum atomic E-state index is 14.1. The van der Waals surface area contributed by atoms with Crippen molar-refractivity contribution in [3.63, 3.8) is 0 Å². The number of esters is 1. The number of rotatable bonds is 12. The van der Waals surface area contributed by atoms with Crippen molar-refractivity contribution in [1.82, 2.24) is 0 Å². The largest absolute Gasteiger partial charge is 0.457 e. The van der Waals surface area contributed by atoms with Gasteiger partial charge in [0.15, 0.2) is 12.4 Å². The predicted octanol–water partition coefficient (Wildman–Crippen LogP) is 3.65. The third-order valence-electron chi connectivity index (χ3n) is 6.51. The Morgan fingerprint density at radius 1 is 1.03 bits per heavy atom. The standard InChI is InChI=1S/C20H26F6O9S2/c1-2-17(9-3-4-10-17)35-12-14(27)11-34-16(28)13-5-7-15(8-6-13)36(29,30)19(23,24)18(21,22)20(25,26)37(31,32)33/h7,13H,2-6,8-12H2,1H3,(H,31,32,33). The summed E-state index contributed by atoms with van der Waals surface area (Å²) < 4.78 is 146. The number of carbonyl (C=O) groups excluding carboxylic acids is 2. The molecule has 0 saturated heterocycles. The van der Waals surface area contributed by atoms with Crippen molar-refractivity contribution in [1.29, 1.82) is 0 Å². The third kappa shape index (κ3) is 5.98. The summed E-state index contributed by atoms with van der Waals surface area (Å²) in [5.41, 5.74) is -0.417. The highest BCUT2D eigenvalue weighted by Crippen LogP contribution is 2.52. The molecule has 1 atom stereocenters. The van der Waals surface area contributed by atoms with Gasteiger partial charge >= 0.3 is 32.5 Å². The molecule has 2 rings (SSSR count). The van der Waals surface area contributed by atoms with E-state index in [0.717, 1.165) is 25.7 Å². The first-order chi connectivity index (χ1) is 16.8. The van der Waals surface area contributed by atoms with Gasteiger partial charge in [-0.15, -0.1) is 0 Å². The second-order valence-corrected chi connectivity index (χ2v) is 12.4. The zero-order chi connectivity index (χ0) is 28.5. The van der Waals surface area contributed by atoms with E-state index in [1.54, 1.807) is 0 Å². The van der Waals surface area contributed by atoms with E-state index in [9.17, 15) is 52.8 Å². The van der Waals surface area contributed by atoms with Crippen LogP contribution in [0.4, 0.5) is 26.3 Å². The molecule has 0 aromatic carbocycles. The molecule has 0 aromatic heterocycles. The van der Waals surface area contributed by atoms with Crippen LogP contribution in [0.5, 0.6) is 0 Å². The van der Waals surface area contributed by atoms with Gasteiger partial charge in [-0.3, -0.25) is 14.1 Å². The normalized spacial score (nSPS) is 21.4. The molecule has 0 aliphatic heterocycles. The highest BCUT2D eigenvalue weighted by Gasteiger charge is 2.82. The molecular formula is C20H26F6O9S2. The van der Waals surface area contributed by atoms with E-state index in [1.165, 1.54) is 0 Å². The van der Waals surface area contributed by atoms with Crippen LogP contribution in [-0.4, -0.2) is 68.4 Å². The first-order valence-electron chi connectivity index (χ1n) is 11.1. The first kappa shape index (κ1) is 31.5. The van der Waals surface area contributed by atoms with Gasteiger partial charge < -0.3 is 9.47 Å². The molecule has 9 nitrogen and oxygen atoms in total. The molecule has 0 amide bonds. The summed E-state index contributed by atoms with van der Waals surface area (Å²) in [7, 11) is -13.7. The Balaban J connectivity index is 2.02. The van der Waals surface area contributed by atoms with E-state index < -0.39 is 90.4 Å². The van der Waals surface area contributed by atoms with E-state index in [4.69, 9.17) is 14.0 Å². The van der Waals surface area contributed by atoms with Crippen LogP contribution in [0.2, 0.25) is 0 Å². The minimum absolute atomic E-state index is 0.314. The van der Waals surface area contributed by atoms with Gasteiger partial charge in [-0.2, -0.15) is 34.8 Å². The minimum atomic E-state index is -7.13. The number of carbonyl (C=O) groups is 2. The topological polar surface area (TPSA) is 141 Å². The Morgan fingerprint density at radius 3 is 2.05 bits per heavy atom. The fraction of sp³-hybridized carbons (Fsp3) is 0.800. The molecule has 0 bridgehead atoms. The smallest absolute Gasteiger partial charge is 0.439 e. The molecular weight excluding hydrogens is 562 g/mol. The molecule has 1 N–H and O–H groups in total. The highest BCUT2D eigenvalue weighted by molar-refractivity contribution is 7.96. The Morgan fingerprint density at radius 2 is 1.59 bits per heavy atom. The number of halogens is 6. The molecule has 1 unspecified atom stereocenters. The Hall–Kier alpha value is -1.72. The second kappa shape index (κ2) is 10.8. The molecule has 0 heterocycles. The minimum Gasteiger partial charge on any atom is -0.457 e. The predicted molar refractivity (Wildman–Crippen MR) is 114 cm³/mol. The second-order valence-electron chi connectivity index (χ2n) is 8.91. The summed E-state index contributed by atoms with van der Waals surface area (Å²) in [4.78, 5) is 22.8. The van der Waals surface area contributed by atoms with Crippen molar-refractivity contribution in [2.45, 2.75) is 80.3 Å². The maximum absolute atomic E-state index is 14.1. The molecule has 2 aliphatic rings. The van der Waals surface area contributed by atoms with Crippen LogP contribution < -0.4 is 0 Å². The molecule has 37 heavy (non-hydrogen) atoms. The van der Waals surface area contributed by atoms with Gasteiger partial charge in [0.1, 0.15) is 6.61 Å². The Labute approximate surface area is 209 Å². The monoisotopic (exact) mass is 588 g/mol. The summed E-state index contributed by atoms with van der Waals surface area (Å²) in [5, 5.41) is -13.5. The number of hydrogen-bond donors (Lipinski definition) is 1. The summed E-state index contributed by atoms with van der Waals surface area (Å²) in [6.45, 7) is 0.919. The van der Waals surface area contributed by atoms with E-state index in [-0.39, 0.29) is 6.61 Å². The van der Waals surface area contributed by atoms with Crippen molar-refractivity contribution in [3.05, 3.63) is 11.0 Å². The molecule has 2 aliphatic carbocycles. The number of sulfone groups is 1. The molecule has 0 radical (unpaired) electrons. The average Bonchev–Trinajstić information content (AvgIpc) is 3.29. The number of ether oxygens (including phenoxy) is 2. The fourth-order valence-corrected chi connectivity index (χ4v) is 6.11. The number of alkyl halides is 6. The molecule has 1 saturated carbocycles. The third-order valence-corrected chi connectivity index (χ3v) is 9.41. The molecule has 214 valence electrons. The van der Waals surface area contributed by atoms with E-state index >= 15 is 0 Å². The van der Waals surface area contributed by atoms with Crippen LogP contribution in [0, 0.1) is 5.92 Å². The zero-order valence-corrected chi connectivity index (χ0v) is 21.2. The van der Waals surface area contributed by atoms with E-state index in [1.807, 2.05) is 6.92 Å². The summed E-state index contributed by atoms with van der Waals surface area (Å²) in [6.07, 6.45) is 2.46. The van der Waals surface area contributed by atoms with Gasteiger partial charge in [-0.1, -0.05) is 25.8 Å².